The van der Waals surface area contributed by atoms with Gasteiger partial charge in [-0.05, 0) is 36.1 Å². The molecule has 0 aliphatic carbocycles. The van der Waals surface area contributed by atoms with Gasteiger partial charge in [0, 0.05) is 5.92 Å². The van der Waals surface area contributed by atoms with Crippen LogP contribution in [0.2, 0.25) is 0 Å². The first kappa shape index (κ1) is 11.8. The molecule has 1 radical (unpaired) electrons. The Labute approximate surface area is 102 Å². The number of hydrogen-bond donors (Lipinski definition) is 0. The lowest BCUT2D eigenvalue weighted by Gasteiger charge is -2.14. The van der Waals surface area contributed by atoms with Crippen LogP contribution in [-0.2, 0) is 6.42 Å². The van der Waals surface area contributed by atoms with E-state index >= 15 is 0 Å². The molecule has 0 spiro atoms. The molecule has 0 aliphatic rings. The van der Waals surface area contributed by atoms with E-state index in [9.17, 15) is 4.39 Å². The number of hydrogen-bond acceptors (Lipinski definition) is 0. The van der Waals surface area contributed by atoms with Crippen molar-refractivity contribution in [3.05, 3.63) is 77.5 Å². The molecule has 2 rings (SSSR count). The lowest BCUT2D eigenvalue weighted by molar-refractivity contribution is 0.627. The maximum absolute atomic E-state index is 12.8. The zero-order chi connectivity index (χ0) is 12.1. The van der Waals surface area contributed by atoms with Crippen molar-refractivity contribution in [2.75, 3.05) is 0 Å². The second kappa shape index (κ2) is 5.62. The van der Waals surface area contributed by atoms with Crippen LogP contribution in [0.25, 0.3) is 0 Å². The molecule has 17 heavy (non-hydrogen) atoms. The highest BCUT2D eigenvalue weighted by atomic mass is 19.1. The summed E-state index contributed by atoms with van der Waals surface area (Å²) >= 11 is 0. The highest BCUT2D eigenvalue weighted by molar-refractivity contribution is 5.34. The first-order chi connectivity index (χ1) is 8.29. The molecule has 2 aromatic rings. The van der Waals surface area contributed by atoms with Crippen LogP contribution in [0, 0.1) is 11.7 Å². The zero-order valence-electron chi connectivity index (χ0n) is 9.99. The minimum Gasteiger partial charge on any atom is -0.207 e. The van der Waals surface area contributed by atoms with Gasteiger partial charge in [-0.25, -0.2) is 4.39 Å². The summed E-state index contributed by atoms with van der Waals surface area (Å²) in [6.07, 6.45) is 1.90. The number of benzene rings is 2. The second-order valence-corrected chi connectivity index (χ2v) is 4.13. The molecule has 0 amide bonds. The topological polar surface area (TPSA) is 0 Å². The van der Waals surface area contributed by atoms with Gasteiger partial charge in [-0.2, -0.15) is 0 Å². The van der Waals surface area contributed by atoms with Gasteiger partial charge in [-0.3, -0.25) is 0 Å². The SMILES string of the molecule is CC[C](Cc1ccc(F)cc1)c1ccccc1. The molecule has 87 valence electrons. The summed E-state index contributed by atoms with van der Waals surface area (Å²) in [6, 6.07) is 17.1. The average Bonchev–Trinajstić information content (AvgIpc) is 2.39. The van der Waals surface area contributed by atoms with E-state index in [4.69, 9.17) is 0 Å². The van der Waals surface area contributed by atoms with Gasteiger partial charge < -0.3 is 0 Å². The van der Waals surface area contributed by atoms with Crippen molar-refractivity contribution >= 4 is 0 Å². The summed E-state index contributed by atoms with van der Waals surface area (Å²) in [5, 5.41) is 0. The molecule has 0 fully saturated rings. The Morgan fingerprint density at radius 2 is 1.59 bits per heavy atom. The van der Waals surface area contributed by atoms with Crippen molar-refractivity contribution < 1.29 is 4.39 Å². The third kappa shape index (κ3) is 3.16. The fourth-order valence-electron chi connectivity index (χ4n) is 1.95. The summed E-state index contributed by atoms with van der Waals surface area (Å²) in [4.78, 5) is 0. The van der Waals surface area contributed by atoms with Crippen LogP contribution in [0.1, 0.15) is 24.5 Å². The third-order valence-corrected chi connectivity index (χ3v) is 2.94. The lowest BCUT2D eigenvalue weighted by Crippen LogP contribution is -2.02. The van der Waals surface area contributed by atoms with E-state index in [0.717, 1.165) is 18.4 Å². The summed E-state index contributed by atoms with van der Waals surface area (Å²) < 4.78 is 12.8. The Kier molecular flexibility index (Phi) is 3.92. The van der Waals surface area contributed by atoms with Crippen LogP contribution in [0.3, 0.4) is 0 Å². The first-order valence-corrected chi connectivity index (χ1v) is 5.94. The molecule has 0 bridgehead atoms. The van der Waals surface area contributed by atoms with Gasteiger partial charge in [0.25, 0.3) is 0 Å². The summed E-state index contributed by atoms with van der Waals surface area (Å²) in [7, 11) is 0. The molecule has 0 aromatic heterocycles. The minimum atomic E-state index is -0.175. The Bertz CT molecular complexity index is 445. The largest absolute Gasteiger partial charge is 0.207 e. The zero-order valence-corrected chi connectivity index (χ0v) is 9.99. The third-order valence-electron chi connectivity index (χ3n) is 2.94. The Morgan fingerprint density at radius 1 is 0.941 bits per heavy atom. The molecular weight excluding hydrogens is 211 g/mol. The van der Waals surface area contributed by atoms with Crippen molar-refractivity contribution in [1.29, 1.82) is 0 Å². The van der Waals surface area contributed by atoms with E-state index in [2.05, 4.69) is 31.2 Å². The number of rotatable bonds is 4. The molecular formula is C16H16F. The highest BCUT2D eigenvalue weighted by Gasteiger charge is 2.10. The van der Waals surface area contributed by atoms with Gasteiger partial charge in [0.2, 0.25) is 0 Å². The second-order valence-electron chi connectivity index (χ2n) is 4.13. The molecule has 0 saturated carbocycles. The molecule has 0 atom stereocenters. The van der Waals surface area contributed by atoms with Crippen molar-refractivity contribution in [2.45, 2.75) is 19.8 Å². The van der Waals surface area contributed by atoms with Gasteiger partial charge >= 0.3 is 0 Å². The highest BCUT2D eigenvalue weighted by Crippen LogP contribution is 2.22. The van der Waals surface area contributed by atoms with E-state index in [1.54, 1.807) is 0 Å². The van der Waals surface area contributed by atoms with Crippen molar-refractivity contribution in [3.8, 4) is 0 Å². The molecule has 0 heterocycles. The lowest BCUT2D eigenvalue weighted by atomic mass is 9.90. The van der Waals surface area contributed by atoms with Crippen LogP contribution >= 0.6 is 0 Å². The summed E-state index contributed by atoms with van der Waals surface area (Å²) in [6.45, 7) is 2.16. The minimum absolute atomic E-state index is 0.175. The predicted molar refractivity (Wildman–Crippen MR) is 69.2 cm³/mol. The average molecular weight is 227 g/mol. The normalized spacial score (nSPS) is 10.8. The van der Waals surface area contributed by atoms with Crippen molar-refractivity contribution in [2.24, 2.45) is 0 Å². The van der Waals surface area contributed by atoms with Gasteiger partial charge in [-0.15, -0.1) is 0 Å². The van der Waals surface area contributed by atoms with E-state index < -0.39 is 0 Å². The smallest absolute Gasteiger partial charge is 0.123 e. The van der Waals surface area contributed by atoms with Gasteiger partial charge in [0.15, 0.2) is 0 Å². The van der Waals surface area contributed by atoms with Crippen LogP contribution in [0.4, 0.5) is 4.39 Å². The van der Waals surface area contributed by atoms with Gasteiger partial charge in [-0.1, -0.05) is 49.4 Å². The molecule has 0 unspecified atom stereocenters. The maximum atomic E-state index is 12.8. The standard InChI is InChI=1S/C16H16F/c1-2-14(15-6-4-3-5-7-15)12-13-8-10-16(17)11-9-13/h3-11H,2,12H2,1H3. The fourth-order valence-corrected chi connectivity index (χ4v) is 1.95. The molecule has 2 aromatic carbocycles. The Hall–Kier alpha value is -1.63. The first-order valence-electron chi connectivity index (χ1n) is 5.94. The quantitative estimate of drug-likeness (QED) is 0.726. The monoisotopic (exact) mass is 227 g/mol. The fraction of sp³-hybridized carbons (Fsp3) is 0.188. The van der Waals surface area contributed by atoms with E-state index in [-0.39, 0.29) is 5.82 Å². The van der Waals surface area contributed by atoms with E-state index in [1.807, 2.05) is 18.2 Å². The molecule has 1 heteroatoms. The van der Waals surface area contributed by atoms with Crippen LogP contribution in [0.5, 0.6) is 0 Å². The molecule has 0 saturated heterocycles. The van der Waals surface area contributed by atoms with Crippen LogP contribution in [-0.4, -0.2) is 0 Å². The van der Waals surface area contributed by atoms with Crippen LogP contribution < -0.4 is 0 Å². The van der Waals surface area contributed by atoms with E-state index in [0.29, 0.717) is 0 Å². The predicted octanol–water partition coefficient (Wildman–Crippen LogP) is 4.40. The molecule has 0 nitrogen and oxygen atoms in total. The van der Waals surface area contributed by atoms with Crippen LogP contribution in [0.15, 0.2) is 54.6 Å². The van der Waals surface area contributed by atoms with Crippen molar-refractivity contribution in [1.82, 2.24) is 0 Å². The Balaban J connectivity index is 2.13. The van der Waals surface area contributed by atoms with Crippen molar-refractivity contribution in [3.63, 3.8) is 0 Å². The van der Waals surface area contributed by atoms with Gasteiger partial charge in [0.1, 0.15) is 5.82 Å². The molecule has 0 aliphatic heterocycles. The maximum Gasteiger partial charge on any atom is 0.123 e. The van der Waals surface area contributed by atoms with Gasteiger partial charge in [0.05, 0.1) is 0 Å². The molecule has 0 N–H and O–H groups in total. The summed E-state index contributed by atoms with van der Waals surface area (Å²) in [5.74, 6) is 1.21. The summed E-state index contributed by atoms with van der Waals surface area (Å²) in [5.41, 5.74) is 2.44. The Morgan fingerprint density at radius 3 is 2.18 bits per heavy atom. The number of halogens is 1. The van der Waals surface area contributed by atoms with E-state index in [1.165, 1.54) is 23.6 Å².